The lowest BCUT2D eigenvalue weighted by Gasteiger charge is -2.31. The zero-order valence-corrected chi connectivity index (χ0v) is 17.6. The van der Waals surface area contributed by atoms with Crippen molar-refractivity contribution in [1.29, 1.82) is 0 Å². The normalized spacial score (nSPS) is 14.2. The Morgan fingerprint density at radius 2 is 1.97 bits per heavy atom. The lowest BCUT2D eigenvalue weighted by atomic mass is 9.95. The van der Waals surface area contributed by atoms with Crippen molar-refractivity contribution in [3.63, 3.8) is 0 Å². The first-order chi connectivity index (χ1) is 14.4. The van der Waals surface area contributed by atoms with Crippen LogP contribution in [0.3, 0.4) is 0 Å². The highest BCUT2D eigenvalue weighted by Gasteiger charge is 2.29. The van der Waals surface area contributed by atoms with Crippen molar-refractivity contribution in [3.05, 3.63) is 69.1 Å². The lowest BCUT2D eigenvalue weighted by Crippen LogP contribution is -2.44. The van der Waals surface area contributed by atoms with Crippen molar-refractivity contribution in [2.45, 2.75) is 52.3 Å². The van der Waals surface area contributed by atoms with Crippen molar-refractivity contribution in [2.75, 3.05) is 13.1 Å². The van der Waals surface area contributed by atoms with Crippen LogP contribution in [0.5, 0.6) is 0 Å². The first-order valence-electron chi connectivity index (χ1n) is 10.5. The number of rotatable bonds is 7. The van der Waals surface area contributed by atoms with E-state index in [9.17, 15) is 19.5 Å². The summed E-state index contributed by atoms with van der Waals surface area (Å²) in [5, 5.41) is 12.5. The maximum Gasteiger partial charge on any atom is 0.263 e. The number of nitrogens with zero attached hydrogens (tertiary/aromatic N) is 2. The molecule has 1 aliphatic rings. The molecule has 0 saturated carbocycles. The quantitative estimate of drug-likeness (QED) is 0.722. The van der Waals surface area contributed by atoms with Gasteiger partial charge in [-0.3, -0.25) is 14.4 Å². The van der Waals surface area contributed by atoms with Crippen molar-refractivity contribution in [2.24, 2.45) is 0 Å². The third-order valence-corrected chi connectivity index (χ3v) is 5.38. The van der Waals surface area contributed by atoms with Crippen LogP contribution < -0.4 is 10.9 Å². The van der Waals surface area contributed by atoms with E-state index in [2.05, 4.69) is 5.32 Å². The highest BCUT2D eigenvalue weighted by atomic mass is 16.3. The molecule has 1 atom stereocenters. The molecule has 1 aliphatic heterocycles. The van der Waals surface area contributed by atoms with Gasteiger partial charge in [-0.2, -0.15) is 0 Å². The number of nitrogens with one attached hydrogen (secondary N) is 1. The Morgan fingerprint density at radius 1 is 1.23 bits per heavy atom. The van der Waals surface area contributed by atoms with Gasteiger partial charge in [0.05, 0.1) is 0 Å². The third-order valence-electron chi connectivity index (χ3n) is 5.38. The molecule has 30 heavy (non-hydrogen) atoms. The Bertz CT molecular complexity index is 966. The second kappa shape index (κ2) is 9.71. The predicted octanol–water partition coefficient (Wildman–Crippen LogP) is 1.50. The average Bonchev–Trinajstić information content (AvgIpc) is 2.75. The van der Waals surface area contributed by atoms with Gasteiger partial charge in [0.15, 0.2) is 0 Å². The van der Waals surface area contributed by atoms with Crippen LogP contribution in [-0.4, -0.2) is 45.6 Å². The molecule has 2 aromatic rings. The summed E-state index contributed by atoms with van der Waals surface area (Å²) < 4.78 is 1.57. The van der Waals surface area contributed by atoms with Crippen LogP contribution in [0.1, 0.15) is 47.3 Å². The third kappa shape index (κ3) is 4.79. The zero-order valence-electron chi connectivity index (χ0n) is 17.6. The summed E-state index contributed by atoms with van der Waals surface area (Å²) in [6.45, 7) is 4.99. The molecule has 2 heterocycles. The molecule has 0 bridgehead atoms. The summed E-state index contributed by atoms with van der Waals surface area (Å²) in [7, 11) is 0. The van der Waals surface area contributed by atoms with Gasteiger partial charge in [0.1, 0.15) is 11.7 Å². The van der Waals surface area contributed by atoms with E-state index in [1.54, 1.807) is 15.7 Å². The largest absolute Gasteiger partial charge is 0.384 e. The molecule has 2 amide bonds. The summed E-state index contributed by atoms with van der Waals surface area (Å²) in [5.41, 5.74) is 2.47. The standard InChI is InChI=1S/C23H29N3O4/c1-3-11-24-21(28)20-19-10-13-25(22(29)16(2)27)14-18(19)15-26(23(20)30)12-9-17-7-5-4-6-8-17/h4-8,15-16,27H,3,9-14H2,1-2H3,(H,24,28)/t16-/m0/s1. The highest BCUT2D eigenvalue weighted by molar-refractivity contribution is 5.95. The number of pyridine rings is 1. The fourth-order valence-electron chi connectivity index (χ4n) is 3.78. The molecule has 160 valence electrons. The molecule has 0 spiro atoms. The number of carbonyl (C=O) groups excluding carboxylic acids is 2. The van der Waals surface area contributed by atoms with E-state index < -0.39 is 6.10 Å². The van der Waals surface area contributed by atoms with E-state index in [0.29, 0.717) is 38.0 Å². The van der Waals surface area contributed by atoms with Crippen LogP contribution in [0.25, 0.3) is 0 Å². The number of benzene rings is 1. The fourth-order valence-corrected chi connectivity index (χ4v) is 3.78. The van der Waals surface area contributed by atoms with Crippen molar-refractivity contribution < 1.29 is 14.7 Å². The fraction of sp³-hybridized carbons (Fsp3) is 0.435. The van der Waals surface area contributed by atoms with E-state index in [-0.39, 0.29) is 29.5 Å². The van der Waals surface area contributed by atoms with Crippen LogP contribution in [0.4, 0.5) is 0 Å². The van der Waals surface area contributed by atoms with Crippen LogP contribution in [0.2, 0.25) is 0 Å². The van der Waals surface area contributed by atoms with Gasteiger partial charge in [0.2, 0.25) is 0 Å². The van der Waals surface area contributed by atoms with E-state index in [0.717, 1.165) is 17.5 Å². The van der Waals surface area contributed by atoms with Crippen molar-refractivity contribution in [3.8, 4) is 0 Å². The Labute approximate surface area is 176 Å². The Balaban J connectivity index is 1.96. The maximum atomic E-state index is 13.2. The van der Waals surface area contributed by atoms with Gasteiger partial charge in [0.25, 0.3) is 17.4 Å². The lowest BCUT2D eigenvalue weighted by molar-refractivity contribution is -0.140. The number of aliphatic hydroxyl groups is 1. The number of hydrogen-bond acceptors (Lipinski definition) is 4. The smallest absolute Gasteiger partial charge is 0.263 e. The molecule has 7 nitrogen and oxygen atoms in total. The molecular weight excluding hydrogens is 382 g/mol. The van der Waals surface area contributed by atoms with Gasteiger partial charge in [-0.05, 0) is 42.9 Å². The Morgan fingerprint density at radius 3 is 2.63 bits per heavy atom. The molecule has 7 heteroatoms. The van der Waals surface area contributed by atoms with Gasteiger partial charge < -0.3 is 19.9 Å². The first kappa shape index (κ1) is 21.8. The van der Waals surface area contributed by atoms with Crippen LogP contribution in [0, 0.1) is 0 Å². The van der Waals surface area contributed by atoms with Crippen molar-refractivity contribution >= 4 is 11.8 Å². The number of hydrogen-bond donors (Lipinski definition) is 2. The molecule has 0 fully saturated rings. The summed E-state index contributed by atoms with van der Waals surface area (Å²) >= 11 is 0. The van der Waals surface area contributed by atoms with E-state index in [4.69, 9.17) is 0 Å². The molecule has 3 rings (SSSR count). The maximum absolute atomic E-state index is 13.2. The molecule has 0 unspecified atom stereocenters. The number of aliphatic hydroxyl groups excluding tert-OH is 1. The van der Waals surface area contributed by atoms with Gasteiger partial charge >= 0.3 is 0 Å². The molecule has 2 N–H and O–H groups in total. The summed E-state index contributed by atoms with van der Waals surface area (Å²) in [6.07, 6.45) is 2.53. The first-order valence-corrected chi connectivity index (χ1v) is 10.5. The molecule has 1 aromatic heterocycles. The number of carbonyl (C=O) groups is 2. The van der Waals surface area contributed by atoms with Crippen molar-refractivity contribution in [1.82, 2.24) is 14.8 Å². The molecule has 0 radical (unpaired) electrons. The van der Waals surface area contributed by atoms with E-state index in [1.165, 1.54) is 6.92 Å². The number of fused-ring (bicyclic) bond motifs is 1. The predicted molar refractivity (Wildman–Crippen MR) is 114 cm³/mol. The summed E-state index contributed by atoms with van der Waals surface area (Å²) in [5.74, 6) is -0.706. The number of amides is 2. The molecule has 1 aromatic carbocycles. The second-order valence-corrected chi connectivity index (χ2v) is 7.68. The average molecular weight is 412 g/mol. The number of aryl methyl sites for hydroxylation is 2. The minimum Gasteiger partial charge on any atom is -0.384 e. The minimum absolute atomic E-state index is 0.179. The van der Waals surface area contributed by atoms with Crippen LogP contribution in [0.15, 0.2) is 41.3 Å². The van der Waals surface area contributed by atoms with Gasteiger partial charge in [0, 0.05) is 32.4 Å². The van der Waals surface area contributed by atoms with E-state index >= 15 is 0 Å². The molecular formula is C23H29N3O4. The van der Waals surface area contributed by atoms with Crippen LogP contribution >= 0.6 is 0 Å². The minimum atomic E-state index is -1.08. The van der Waals surface area contributed by atoms with Gasteiger partial charge in [-0.15, -0.1) is 0 Å². The summed E-state index contributed by atoms with van der Waals surface area (Å²) in [4.78, 5) is 39.8. The zero-order chi connectivity index (χ0) is 21.7. The topological polar surface area (TPSA) is 91.6 Å². The summed E-state index contributed by atoms with van der Waals surface area (Å²) in [6, 6.07) is 9.85. The number of aromatic nitrogens is 1. The van der Waals surface area contributed by atoms with Gasteiger partial charge in [-0.1, -0.05) is 37.3 Å². The van der Waals surface area contributed by atoms with Crippen LogP contribution in [-0.2, 0) is 30.7 Å². The van der Waals surface area contributed by atoms with Gasteiger partial charge in [-0.25, -0.2) is 0 Å². The second-order valence-electron chi connectivity index (χ2n) is 7.68. The van der Waals surface area contributed by atoms with E-state index in [1.807, 2.05) is 37.3 Å². The SMILES string of the molecule is CCCNC(=O)c1c2c(cn(CCc3ccccc3)c1=O)CN(C(=O)[C@H](C)O)CC2. The Hall–Kier alpha value is -2.93. The highest BCUT2D eigenvalue weighted by Crippen LogP contribution is 2.21. The monoisotopic (exact) mass is 411 g/mol. The Kier molecular flexibility index (Phi) is 7.05. The molecule has 0 aliphatic carbocycles. The molecule has 0 saturated heterocycles.